The normalized spacial score (nSPS) is 17.0. The summed E-state index contributed by atoms with van der Waals surface area (Å²) in [7, 11) is 0. The molecule has 128 valence electrons. The van der Waals surface area contributed by atoms with Gasteiger partial charge in [-0.1, -0.05) is 35.5 Å². The van der Waals surface area contributed by atoms with Crippen molar-refractivity contribution in [2.75, 3.05) is 24.7 Å². The maximum absolute atomic E-state index is 13.0. The molecule has 0 spiro atoms. The van der Waals surface area contributed by atoms with E-state index in [0.29, 0.717) is 30.3 Å². The largest absolute Gasteiger partial charge is 0.381 e. The summed E-state index contributed by atoms with van der Waals surface area (Å²) in [4.78, 5) is 14.9. The molecule has 1 amide bonds. The van der Waals surface area contributed by atoms with Gasteiger partial charge in [-0.25, -0.2) is 0 Å². The summed E-state index contributed by atoms with van der Waals surface area (Å²) in [6.07, 6.45) is 1.21. The third-order valence-corrected chi connectivity index (χ3v) is 4.60. The molecule has 1 aliphatic rings. The third-order valence-electron chi connectivity index (χ3n) is 4.60. The van der Waals surface area contributed by atoms with E-state index in [9.17, 15) is 4.79 Å². The Morgan fingerprint density at radius 2 is 1.92 bits per heavy atom. The van der Waals surface area contributed by atoms with E-state index in [4.69, 9.17) is 9.26 Å². The van der Waals surface area contributed by atoms with Crippen molar-refractivity contribution in [2.45, 2.75) is 12.8 Å². The van der Waals surface area contributed by atoms with Gasteiger partial charge in [0.2, 0.25) is 5.91 Å². The number of carbonyl (C=O) groups excluding carboxylic acids is 1. The zero-order valence-electron chi connectivity index (χ0n) is 13.9. The molecule has 0 saturated carbocycles. The Morgan fingerprint density at radius 1 is 1.12 bits per heavy atom. The van der Waals surface area contributed by atoms with Gasteiger partial charge in [0.1, 0.15) is 5.69 Å². The molecule has 4 rings (SSSR count). The molecule has 1 saturated heterocycles. The molecule has 2 heterocycles. The number of carbonyl (C=O) groups is 1. The van der Waals surface area contributed by atoms with Crippen molar-refractivity contribution in [1.82, 2.24) is 5.16 Å². The van der Waals surface area contributed by atoms with Crippen LogP contribution in [0.2, 0.25) is 0 Å². The molecule has 1 unspecified atom stereocenters. The van der Waals surface area contributed by atoms with E-state index in [1.165, 1.54) is 0 Å². The van der Waals surface area contributed by atoms with Crippen LogP contribution in [0.3, 0.4) is 0 Å². The molecule has 25 heavy (non-hydrogen) atoms. The fourth-order valence-electron chi connectivity index (χ4n) is 3.25. The van der Waals surface area contributed by atoms with Crippen LogP contribution in [0.1, 0.15) is 12.1 Å². The molecule has 5 nitrogen and oxygen atoms in total. The summed E-state index contributed by atoms with van der Waals surface area (Å²) in [5.74, 6) is 0.398. The molecule has 1 atom stereocenters. The zero-order valence-corrected chi connectivity index (χ0v) is 13.9. The average molecular weight is 336 g/mol. The van der Waals surface area contributed by atoms with Crippen LogP contribution in [0.25, 0.3) is 11.0 Å². The third kappa shape index (κ3) is 3.42. The Hall–Kier alpha value is -2.66. The van der Waals surface area contributed by atoms with E-state index < -0.39 is 0 Å². The minimum Gasteiger partial charge on any atom is -0.381 e. The van der Waals surface area contributed by atoms with Crippen LogP contribution >= 0.6 is 0 Å². The van der Waals surface area contributed by atoms with Gasteiger partial charge in [-0.2, -0.15) is 0 Å². The van der Waals surface area contributed by atoms with Gasteiger partial charge in [0.05, 0.1) is 13.0 Å². The monoisotopic (exact) mass is 336 g/mol. The molecule has 3 aromatic rings. The van der Waals surface area contributed by atoms with Crippen molar-refractivity contribution in [3.05, 3.63) is 60.3 Å². The number of hydrogen-bond acceptors (Lipinski definition) is 4. The van der Waals surface area contributed by atoms with E-state index in [-0.39, 0.29) is 12.3 Å². The van der Waals surface area contributed by atoms with Crippen molar-refractivity contribution >= 4 is 22.6 Å². The summed E-state index contributed by atoms with van der Waals surface area (Å²) >= 11 is 0. The standard InChI is InChI=1S/C20H20N2O3/c23-20(12-18-17-8-4-5-9-19(17)25-21-18)22(13-15-10-11-24-14-15)16-6-2-1-3-7-16/h1-9,15H,10-14H2. The van der Waals surface area contributed by atoms with Gasteiger partial charge in [-0.15, -0.1) is 0 Å². The summed E-state index contributed by atoms with van der Waals surface area (Å²) < 4.78 is 10.8. The molecule has 2 aromatic carbocycles. The summed E-state index contributed by atoms with van der Waals surface area (Å²) in [5, 5.41) is 4.99. The van der Waals surface area contributed by atoms with Gasteiger partial charge in [-0.3, -0.25) is 4.79 Å². The van der Waals surface area contributed by atoms with Crippen LogP contribution < -0.4 is 4.90 Å². The highest BCUT2D eigenvalue weighted by molar-refractivity contribution is 5.96. The van der Waals surface area contributed by atoms with Gasteiger partial charge >= 0.3 is 0 Å². The Bertz CT molecular complexity index is 854. The van der Waals surface area contributed by atoms with E-state index >= 15 is 0 Å². The van der Waals surface area contributed by atoms with Gasteiger partial charge in [0.25, 0.3) is 0 Å². The topological polar surface area (TPSA) is 55.6 Å². The van der Waals surface area contributed by atoms with Crippen LogP contribution in [-0.2, 0) is 16.0 Å². The predicted molar refractivity (Wildman–Crippen MR) is 95.4 cm³/mol. The Labute approximate surface area is 146 Å². The zero-order chi connectivity index (χ0) is 17.1. The number of para-hydroxylation sites is 2. The quantitative estimate of drug-likeness (QED) is 0.716. The van der Waals surface area contributed by atoms with Gasteiger partial charge < -0.3 is 14.2 Å². The first-order valence-corrected chi connectivity index (χ1v) is 8.58. The van der Waals surface area contributed by atoms with Crippen molar-refractivity contribution in [2.24, 2.45) is 5.92 Å². The number of fused-ring (bicyclic) bond motifs is 1. The number of nitrogens with zero attached hydrogens (tertiary/aromatic N) is 2. The van der Waals surface area contributed by atoms with Gasteiger partial charge in [0.15, 0.2) is 5.58 Å². The smallest absolute Gasteiger partial charge is 0.233 e. The number of rotatable bonds is 5. The van der Waals surface area contributed by atoms with Crippen LogP contribution in [0.4, 0.5) is 5.69 Å². The first-order chi connectivity index (χ1) is 12.3. The SMILES string of the molecule is O=C(Cc1noc2ccccc12)N(CC1CCOC1)c1ccccc1. The average Bonchev–Trinajstić information content (AvgIpc) is 3.31. The maximum atomic E-state index is 13.0. The molecule has 1 aromatic heterocycles. The van der Waals surface area contributed by atoms with Crippen molar-refractivity contribution in [3.63, 3.8) is 0 Å². The van der Waals surface area contributed by atoms with Crippen LogP contribution in [0.5, 0.6) is 0 Å². The fraction of sp³-hybridized carbons (Fsp3) is 0.300. The van der Waals surface area contributed by atoms with Crippen LogP contribution in [-0.4, -0.2) is 30.8 Å². The minimum absolute atomic E-state index is 0.0251. The number of ether oxygens (including phenoxy) is 1. The summed E-state index contributed by atoms with van der Waals surface area (Å²) in [6.45, 7) is 2.15. The second-order valence-corrected chi connectivity index (χ2v) is 6.37. The van der Waals surface area contributed by atoms with Crippen LogP contribution in [0.15, 0.2) is 59.1 Å². The van der Waals surface area contributed by atoms with Crippen molar-refractivity contribution < 1.29 is 14.1 Å². The first kappa shape index (κ1) is 15.8. The van der Waals surface area contributed by atoms with Crippen molar-refractivity contribution in [1.29, 1.82) is 0 Å². The maximum Gasteiger partial charge on any atom is 0.233 e. The molecule has 0 N–H and O–H groups in total. The van der Waals surface area contributed by atoms with Gasteiger partial charge in [0, 0.05) is 30.1 Å². The van der Waals surface area contributed by atoms with E-state index in [1.807, 2.05) is 59.5 Å². The second kappa shape index (κ2) is 7.07. The lowest BCUT2D eigenvalue weighted by Crippen LogP contribution is -2.36. The minimum atomic E-state index is 0.0251. The predicted octanol–water partition coefficient (Wildman–Crippen LogP) is 3.44. The molecule has 1 aliphatic heterocycles. The van der Waals surface area contributed by atoms with E-state index in [2.05, 4.69) is 5.16 Å². The lowest BCUT2D eigenvalue weighted by Gasteiger charge is -2.25. The first-order valence-electron chi connectivity index (χ1n) is 8.58. The highest BCUT2D eigenvalue weighted by Crippen LogP contribution is 2.23. The molecule has 0 aliphatic carbocycles. The van der Waals surface area contributed by atoms with E-state index in [1.54, 1.807) is 0 Å². The highest BCUT2D eigenvalue weighted by Gasteiger charge is 2.25. The number of anilines is 1. The number of benzene rings is 2. The number of amides is 1. The molecule has 1 fully saturated rings. The molecule has 0 radical (unpaired) electrons. The van der Waals surface area contributed by atoms with E-state index in [0.717, 1.165) is 24.1 Å². The van der Waals surface area contributed by atoms with Gasteiger partial charge in [-0.05, 0) is 30.7 Å². The lowest BCUT2D eigenvalue weighted by atomic mass is 10.1. The Balaban J connectivity index is 1.58. The highest BCUT2D eigenvalue weighted by atomic mass is 16.5. The lowest BCUT2D eigenvalue weighted by molar-refractivity contribution is -0.118. The fourth-order valence-corrected chi connectivity index (χ4v) is 3.25. The number of aromatic nitrogens is 1. The molecular formula is C20H20N2O3. The second-order valence-electron chi connectivity index (χ2n) is 6.37. The number of hydrogen-bond donors (Lipinski definition) is 0. The molecule has 5 heteroatoms. The van der Waals surface area contributed by atoms with Crippen molar-refractivity contribution in [3.8, 4) is 0 Å². The summed E-state index contributed by atoms with van der Waals surface area (Å²) in [6, 6.07) is 17.4. The van der Waals surface area contributed by atoms with Crippen LogP contribution in [0, 0.1) is 5.92 Å². The molecule has 0 bridgehead atoms. The Morgan fingerprint density at radius 3 is 2.72 bits per heavy atom. The summed E-state index contributed by atoms with van der Waals surface area (Å²) in [5.41, 5.74) is 2.30. The Kier molecular flexibility index (Phi) is 4.48. The molecular weight excluding hydrogens is 316 g/mol.